The van der Waals surface area contributed by atoms with E-state index in [1.165, 1.54) is 30.3 Å². The van der Waals surface area contributed by atoms with Gasteiger partial charge in [-0.2, -0.15) is 13.2 Å². The van der Waals surface area contributed by atoms with Gasteiger partial charge in [-0.15, -0.1) is 0 Å². The molecule has 2 nitrogen and oxygen atoms in total. The lowest BCUT2D eigenvalue weighted by atomic mass is 10.1. The lowest BCUT2D eigenvalue weighted by molar-refractivity contribution is -0.137. The number of halogens is 4. The molecule has 1 N–H and O–H groups in total. The Morgan fingerprint density at radius 1 is 1.05 bits per heavy atom. The summed E-state index contributed by atoms with van der Waals surface area (Å²) in [7, 11) is 0. The molecule has 6 heteroatoms. The third-order valence-corrected chi connectivity index (χ3v) is 2.83. The van der Waals surface area contributed by atoms with Gasteiger partial charge in [-0.1, -0.05) is 24.3 Å². The van der Waals surface area contributed by atoms with Crippen molar-refractivity contribution in [3.05, 3.63) is 65.5 Å². The first-order valence-corrected chi connectivity index (χ1v) is 6.10. The maximum absolute atomic E-state index is 13.4. The molecule has 0 fully saturated rings. The molecule has 0 radical (unpaired) electrons. The fourth-order valence-corrected chi connectivity index (χ4v) is 1.77. The van der Waals surface area contributed by atoms with Gasteiger partial charge < -0.3 is 9.84 Å². The zero-order chi connectivity index (χ0) is 15.5. The zero-order valence-electron chi connectivity index (χ0n) is 10.8. The van der Waals surface area contributed by atoms with Crippen LogP contribution in [0, 0.1) is 5.82 Å². The van der Waals surface area contributed by atoms with E-state index in [0.29, 0.717) is 0 Å². The lowest BCUT2D eigenvalue weighted by Crippen LogP contribution is -2.12. The van der Waals surface area contributed by atoms with Crippen LogP contribution in [-0.4, -0.2) is 11.7 Å². The third-order valence-electron chi connectivity index (χ3n) is 2.83. The van der Waals surface area contributed by atoms with E-state index < -0.39 is 23.7 Å². The number of ether oxygens (including phenoxy) is 1. The summed E-state index contributed by atoms with van der Waals surface area (Å²) in [5.74, 6) is -0.641. The fourth-order valence-electron chi connectivity index (χ4n) is 1.77. The SMILES string of the molecule is OC(COc1cccc(C(F)(F)F)c1)c1ccccc1F. The van der Waals surface area contributed by atoms with Gasteiger partial charge in [-0.05, 0) is 24.3 Å². The number of aliphatic hydroxyl groups excluding tert-OH is 1. The highest BCUT2D eigenvalue weighted by atomic mass is 19.4. The van der Waals surface area contributed by atoms with Gasteiger partial charge in [0, 0.05) is 5.56 Å². The van der Waals surface area contributed by atoms with Crippen molar-refractivity contribution in [2.75, 3.05) is 6.61 Å². The van der Waals surface area contributed by atoms with E-state index in [2.05, 4.69) is 0 Å². The summed E-state index contributed by atoms with van der Waals surface area (Å²) in [4.78, 5) is 0. The second-order valence-corrected chi connectivity index (χ2v) is 4.37. The van der Waals surface area contributed by atoms with Gasteiger partial charge in [0.25, 0.3) is 0 Å². The van der Waals surface area contributed by atoms with Crippen LogP contribution >= 0.6 is 0 Å². The van der Waals surface area contributed by atoms with Crippen LogP contribution in [-0.2, 0) is 6.18 Å². The van der Waals surface area contributed by atoms with E-state index in [1.807, 2.05) is 0 Å². The molecule has 0 aromatic heterocycles. The largest absolute Gasteiger partial charge is 0.491 e. The molecule has 0 aliphatic heterocycles. The number of alkyl halides is 3. The molecule has 0 aliphatic rings. The molecule has 0 heterocycles. The van der Waals surface area contributed by atoms with Crippen molar-refractivity contribution in [2.24, 2.45) is 0 Å². The van der Waals surface area contributed by atoms with Crippen molar-refractivity contribution in [3.8, 4) is 5.75 Å². The molecule has 21 heavy (non-hydrogen) atoms. The predicted molar refractivity (Wildman–Crippen MR) is 68.3 cm³/mol. The molecule has 0 bridgehead atoms. The predicted octanol–water partition coefficient (Wildman–Crippen LogP) is 3.96. The Labute approximate surface area is 118 Å². The van der Waals surface area contributed by atoms with Crippen LogP contribution in [0.1, 0.15) is 17.2 Å². The van der Waals surface area contributed by atoms with E-state index in [1.54, 1.807) is 6.07 Å². The smallest absolute Gasteiger partial charge is 0.416 e. The van der Waals surface area contributed by atoms with Gasteiger partial charge in [0.15, 0.2) is 0 Å². The van der Waals surface area contributed by atoms with Crippen LogP contribution in [0.5, 0.6) is 5.75 Å². The Morgan fingerprint density at radius 3 is 2.43 bits per heavy atom. The number of hydrogen-bond donors (Lipinski definition) is 1. The Bertz CT molecular complexity index is 611. The minimum absolute atomic E-state index is 0.0319. The summed E-state index contributed by atoms with van der Waals surface area (Å²) in [6.45, 7) is -0.345. The van der Waals surface area contributed by atoms with Gasteiger partial charge >= 0.3 is 6.18 Å². The van der Waals surface area contributed by atoms with Gasteiger partial charge in [0.2, 0.25) is 0 Å². The highest BCUT2D eigenvalue weighted by Gasteiger charge is 2.30. The van der Waals surface area contributed by atoms with E-state index in [-0.39, 0.29) is 17.9 Å². The number of aliphatic hydroxyl groups is 1. The fraction of sp³-hybridized carbons (Fsp3) is 0.200. The summed E-state index contributed by atoms with van der Waals surface area (Å²) in [5, 5.41) is 9.80. The lowest BCUT2D eigenvalue weighted by Gasteiger charge is -2.14. The second kappa shape index (κ2) is 6.13. The quantitative estimate of drug-likeness (QED) is 0.866. The van der Waals surface area contributed by atoms with Crippen molar-refractivity contribution < 1.29 is 27.4 Å². The molecule has 2 rings (SSSR count). The monoisotopic (exact) mass is 300 g/mol. The standard InChI is InChI=1S/C15H12F4O2/c16-13-7-2-1-6-12(13)14(20)9-21-11-5-3-4-10(8-11)15(17,18)19/h1-8,14,20H,9H2. The molecule has 2 aromatic carbocycles. The van der Waals surface area contributed by atoms with Gasteiger partial charge in [-0.3, -0.25) is 0 Å². The van der Waals surface area contributed by atoms with Gasteiger partial charge in [0.1, 0.15) is 24.3 Å². The van der Waals surface area contributed by atoms with Gasteiger partial charge in [-0.25, -0.2) is 4.39 Å². The Morgan fingerprint density at radius 2 is 1.76 bits per heavy atom. The zero-order valence-corrected chi connectivity index (χ0v) is 10.8. The van der Waals surface area contributed by atoms with E-state index >= 15 is 0 Å². The van der Waals surface area contributed by atoms with Crippen molar-refractivity contribution in [2.45, 2.75) is 12.3 Å². The summed E-state index contributed by atoms with van der Waals surface area (Å²) in [6.07, 6.45) is -5.73. The molecular formula is C15H12F4O2. The Hall–Kier alpha value is -2.08. The van der Waals surface area contributed by atoms with Gasteiger partial charge in [0.05, 0.1) is 5.56 Å². The number of benzene rings is 2. The summed E-state index contributed by atoms with van der Waals surface area (Å²) in [6, 6.07) is 9.87. The Balaban J connectivity index is 2.05. The molecule has 0 saturated carbocycles. The minimum Gasteiger partial charge on any atom is -0.491 e. The first-order valence-electron chi connectivity index (χ1n) is 6.10. The highest BCUT2D eigenvalue weighted by Crippen LogP contribution is 2.31. The third kappa shape index (κ3) is 3.95. The molecule has 1 atom stereocenters. The number of rotatable bonds is 4. The first kappa shape index (κ1) is 15.3. The van der Waals surface area contributed by atoms with Crippen molar-refractivity contribution in [1.82, 2.24) is 0 Å². The molecule has 0 saturated heterocycles. The van der Waals surface area contributed by atoms with E-state index in [0.717, 1.165) is 12.1 Å². The normalized spacial score (nSPS) is 13.0. The maximum Gasteiger partial charge on any atom is 0.416 e. The van der Waals surface area contributed by atoms with Crippen LogP contribution < -0.4 is 4.74 Å². The van der Waals surface area contributed by atoms with Crippen molar-refractivity contribution >= 4 is 0 Å². The summed E-state index contributed by atoms with van der Waals surface area (Å²) >= 11 is 0. The molecule has 112 valence electrons. The first-order chi connectivity index (χ1) is 9.88. The molecular weight excluding hydrogens is 288 g/mol. The molecule has 0 aliphatic carbocycles. The van der Waals surface area contributed by atoms with Crippen LogP contribution in [0.25, 0.3) is 0 Å². The topological polar surface area (TPSA) is 29.5 Å². The van der Waals surface area contributed by atoms with E-state index in [4.69, 9.17) is 4.74 Å². The molecule has 0 amide bonds. The van der Waals surface area contributed by atoms with E-state index in [9.17, 15) is 22.7 Å². The second-order valence-electron chi connectivity index (χ2n) is 4.37. The molecule has 0 spiro atoms. The maximum atomic E-state index is 13.4. The highest BCUT2D eigenvalue weighted by molar-refractivity contribution is 5.30. The number of hydrogen-bond acceptors (Lipinski definition) is 2. The average molecular weight is 300 g/mol. The van der Waals surface area contributed by atoms with Crippen LogP contribution in [0.4, 0.5) is 17.6 Å². The molecule has 1 unspecified atom stereocenters. The average Bonchev–Trinajstić information content (AvgIpc) is 2.45. The van der Waals surface area contributed by atoms with Crippen LogP contribution in [0.3, 0.4) is 0 Å². The Kier molecular flexibility index (Phi) is 4.47. The van der Waals surface area contributed by atoms with Crippen LogP contribution in [0.2, 0.25) is 0 Å². The summed E-state index contributed by atoms with van der Waals surface area (Å²) < 4.78 is 56.1. The van der Waals surface area contributed by atoms with Crippen molar-refractivity contribution in [1.29, 1.82) is 0 Å². The summed E-state index contributed by atoms with van der Waals surface area (Å²) in [5.41, 5.74) is -0.815. The molecule has 2 aromatic rings. The van der Waals surface area contributed by atoms with Crippen molar-refractivity contribution in [3.63, 3.8) is 0 Å². The minimum atomic E-state index is -4.47. The van der Waals surface area contributed by atoms with Crippen LogP contribution in [0.15, 0.2) is 48.5 Å².